The molecule has 8 heteroatoms. The van der Waals surface area contributed by atoms with Crippen molar-refractivity contribution in [1.82, 2.24) is 9.97 Å². The zero-order chi connectivity index (χ0) is 19.2. The van der Waals surface area contributed by atoms with E-state index < -0.39 is 6.29 Å². The number of hydrogen-bond donors (Lipinski definition) is 1. The molecule has 0 aliphatic carbocycles. The number of aromatic nitrogens is 2. The van der Waals surface area contributed by atoms with E-state index in [1.54, 1.807) is 30.4 Å². The van der Waals surface area contributed by atoms with Crippen molar-refractivity contribution in [2.45, 2.75) is 26.1 Å². The average Bonchev–Trinajstić information content (AvgIpc) is 3.40. The molecule has 1 fully saturated rings. The molecule has 0 spiro atoms. The molecule has 2 aromatic heterocycles. The maximum absolute atomic E-state index is 9.50. The number of halogens is 1. The van der Waals surface area contributed by atoms with Gasteiger partial charge in [0.1, 0.15) is 11.3 Å². The lowest BCUT2D eigenvalue weighted by Gasteiger charge is -2.11. The summed E-state index contributed by atoms with van der Waals surface area (Å²) in [5.74, 6) is 1.08. The number of aliphatic hydroxyl groups excluding tert-OH is 1. The van der Waals surface area contributed by atoms with Crippen LogP contribution in [0.3, 0.4) is 0 Å². The summed E-state index contributed by atoms with van der Waals surface area (Å²) in [6.07, 6.45) is 7.32. The lowest BCUT2D eigenvalue weighted by atomic mass is 10.3. The summed E-state index contributed by atoms with van der Waals surface area (Å²) < 4.78 is 20.5. The molecule has 1 atom stereocenters. The molecule has 3 heterocycles. The highest BCUT2D eigenvalue weighted by Crippen LogP contribution is 2.28. The number of ether oxygens (including phenoxy) is 1. The molecule has 1 aromatic carbocycles. The van der Waals surface area contributed by atoms with Crippen molar-refractivity contribution in [3.63, 3.8) is 0 Å². The number of anilines is 1. The number of fused-ring (bicyclic) bond motifs is 1. The summed E-state index contributed by atoms with van der Waals surface area (Å²) in [7, 11) is 0.500. The Morgan fingerprint density at radius 1 is 1.30 bits per heavy atom. The van der Waals surface area contributed by atoms with Crippen molar-refractivity contribution in [1.29, 1.82) is 0 Å². The van der Waals surface area contributed by atoms with Gasteiger partial charge in [0, 0.05) is 36.3 Å². The normalized spacial score (nSPS) is 15.2. The lowest BCUT2D eigenvalue weighted by Crippen LogP contribution is -2.16. The zero-order valence-electron chi connectivity index (χ0n) is 15.3. The van der Waals surface area contributed by atoms with Gasteiger partial charge in [0.05, 0.1) is 7.18 Å². The number of nitrogens with zero attached hydrogens (tertiary/aromatic N) is 3. The van der Waals surface area contributed by atoms with Gasteiger partial charge >= 0.3 is 0 Å². The van der Waals surface area contributed by atoms with Gasteiger partial charge in [-0.15, -0.1) is 0 Å². The molecule has 144 valence electrons. The molecule has 1 aliphatic rings. The molecule has 0 amide bonds. The van der Waals surface area contributed by atoms with Gasteiger partial charge in [-0.25, -0.2) is 9.97 Å². The molecule has 0 radical (unpaired) electrons. The van der Waals surface area contributed by atoms with Gasteiger partial charge in [-0.05, 0) is 38.0 Å². The van der Waals surface area contributed by atoms with Crippen molar-refractivity contribution >= 4 is 39.7 Å². The van der Waals surface area contributed by atoms with Crippen LogP contribution in [0.2, 0.25) is 0 Å². The summed E-state index contributed by atoms with van der Waals surface area (Å²) in [6.45, 7) is 3.75. The van der Waals surface area contributed by atoms with E-state index in [0.717, 1.165) is 28.6 Å². The number of thiazole rings is 1. The molecular formula is C19H22FN3O3S. The van der Waals surface area contributed by atoms with Gasteiger partial charge in [0.25, 0.3) is 0 Å². The Balaban J connectivity index is 0.00000102. The van der Waals surface area contributed by atoms with Crippen LogP contribution in [0.15, 0.2) is 28.8 Å². The molecule has 1 N–H and O–H groups in total. The third kappa shape index (κ3) is 4.84. The van der Waals surface area contributed by atoms with Crippen molar-refractivity contribution in [2.24, 2.45) is 0 Å². The summed E-state index contributed by atoms with van der Waals surface area (Å²) in [5.41, 5.74) is 1.37. The first-order valence-corrected chi connectivity index (χ1v) is 9.51. The van der Waals surface area contributed by atoms with Crippen LogP contribution in [-0.4, -0.2) is 41.6 Å². The fraction of sp³-hybridized carbons (Fsp3) is 0.368. The first kappa shape index (κ1) is 19.3. The van der Waals surface area contributed by atoms with E-state index in [2.05, 4.69) is 14.9 Å². The van der Waals surface area contributed by atoms with Gasteiger partial charge in [-0.1, -0.05) is 11.3 Å². The van der Waals surface area contributed by atoms with Crippen molar-refractivity contribution in [2.75, 3.05) is 25.2 Å². The Bertz CT molecular complexity index is 901. The molecule has 0 bridgehead atoms. The highest BCUT2D eigenvalue weighted by Gasteiger charge is 2.15. The smallest absolute Gasteiger partial charge is 0.220 e. The highest BCUT2D eigenvalue weighted by atomic mass is 32.1. The fourth-order valence-electron chi connectivity index (χ4n) is 2.83. The van der Waals surface area contributed by atoms with E-state index in [9.17, 15) is 9.50 Å². The van der Waals surface area contributed by atoms with Crippen LogP contribution in [0.25, 0.3) is 23.3 Å². The van der Waals surface area contributed by atoms with Crippen LogP contribution in [0.5, 0.6) is 5.75 Å². The quantitative estimate of drug-likeness (QED) is 0.652. The minimum Gasteiger partial charge on any atom is -0.465 e. The highest BCUT2D eigenvalue weighted by molar-refractivity contribution is 7.16. The second kappa shape index (κ2) is 8.96. The Morgan fingerprint density at radius 2 is 2.07 bits per heavy atom. The topological polar surface area (TPSA) is 71.6 Å². The van der Waals surface area contributed by atoms with E-state index >= 15 is 0 Å². The van der Waals surface area contributed by atoms with Gasteiger partial charge < -0.3 is 19.2 Å². The lowest BCUT2D eigenvalue weighted by molar-refractivity contribution is -0.000226. The van der Waals surface area contributed by atoms with Crippen LogP contribution in [0.4, 0.5) is 9.52 Å². The van der Waals surface area contributed by atoms with Crippen molar-refractivity contribution in [3.8, 4) is 5.75 Å². The van der Waals surface area contributed by atoms with Gasteiger partial charge in [-0.2, -0.15) is 0 Å². The largest absolute Gasteiger partial charge is 0.465 e. The zero-order valence-corrected chi connectivity index (χ0v) is 16.1. The number of benzene rings is 1. The van der Waals surface area contributed by atoms with E-state index in [4.69, 9.17) is 9.15 Å². The van der Waals surface area contributed by atoms with Gasteiger partial charge in [-0.3, -0.25) is 4.39 Å². The second-order valence-electron chi connectivity index (χ2n) is 5.97. The second-order valence-corrected chi connectivity index (χ2v) is 7.01. The van der Waals surface area contributed by atoms with Crippen LogP contribution < -0.4 is 9.64 Å². The van der Waals surface area contributed by atoms with E-state index in [1.165, 1.54) is 12.8 Å². The molecule has 6 nitrogen and oxygen atoms in total. The molecule has 4 rings (SSSR count). The molecule has 1 aliphatic heterocycles. The Kier molecular flexibility index (Phi) is 6.41. The van der Waals surface area contributed by atoms with Crippen molar-refractivity contribution in [3.05, 3.63) is 35.2 Å². The van der Waals surface area contributed by atoms with Gasteiger partial charge in [0.15, 0.2) is 17.0 Å². The molecule has 1 saturated heterocycles. The van der Waals surface area contributed by atoms with Gasteiger partial charge in [0.2, 0.25) is 5.89 Å². The Labute approximate surface area is 160 Å². The molecule has 0 saturated carbocycles. The van der Waals surface area contributed by atoms with Crippen LogP contribution in [0.1, 0.15) is 30.5 Å². The van der Waals surface area contributed by atoms with E-state index in [0.29, 0.717) is 24.4 Å². The molecule has 27 heavy (non-hydrogen) atoms. The SMILES string of the molecule is CC(O)Oc1ccc2nc(C=Cc3cnc(N4CCCC4)s3)oc2c1.CF. The van der Waals surface area contributed by atoms with E-state index in [1.807, 2.05) is 24.4 Å². The third-order valence-corrected chi connectivity index (χ3v) is 4.98. The molecular weight excluding hydrogens is 369 g/mol. The van der Waals surface area contributed by atoms with Crippen LogP contribution >= 0.6 is 11.3 Å². The Hall–Kier alpha value is -2.45. The minimum absolute atomic E-state index is 0.500. The molecule has 1 unspecified atom stereocenters. The van der Waals surface area contributed by atoms with Crippen molar-refractivity contribution < 1.29 is 18.7 Å². The number of alkyl halides is 1. The van der Waals surface area contributed by atoms with Crippen LogP contribution in [-0.2, 0) is 0 Å². The number of aliphatic hydroxyl groups is 1. The number of oxazole rings is 1. The number of rotatable bonds is 5. The minimum atomic E-state index is -0.865. The van der Waals surface area contributed by atoms with Crippen LogP contribution in [0, 0.1) is 0 Å². The first-order chi connectivity index (χ1) is 13.2. The third-order valence-electron chi connectivity index (χ3n) is 3.96. The first-order valence-electron chi connectivity index (χ1n) is 8.69. The maximum atomic E-state index is 9.50. The summed E-state index contributed by atoms with van der Waals surface area (Å²) in [4.78, 5) is 12.3. The Morgan fingerprint density at radius 3 is 2.81 bits per heavy atom. The number of hydrogen-bond acceptors (Lipinski definition) is 7. The van der Waals surface area contributed by atoms with E-state index in [-0.39, 0.29) is 0 Å². The summed E-state index contributed by atoms with van der Waals surface area (Å²) in [6, 6.07) is 5.30. The molecule has 3 aromatic rings. The fourth-order valence-corrected chi connectivity index (χ4v) is 3.70. The summed E-state index contributed by atoms with van der Waals surface area (Å²) in [5, 5.41) is 10.4. The summed E-state index contributed by atoms with van der Waals surface area (Å²) >= 11 is 1.68. The maximum Gasteiger partial charge on any atom is 0.220 e. The monoisotopic (exact) mass is 391 g/mol. The predicted molar refractivity (Wildman–Crippen MR) is 106 cm³/mol. The predicted octanol–water partition coefficient (Wildman–Crippen LogP) is 4.36. The average molecular weight is 391 g/mol. The standard InChI is InChI=1S/C18H19N3O3S.CH3F/c1-12(22)23-13-4-6-15-16(10-13)24-17(20-15)7-5-14-11-19-18(25-14)21-8-2-3-9-21;1-2/h4-7,10-12,22H,2-3,8-9H2,1H3;1H3.